The van der Waals surface area contributed by atoms with E-state index in [1.54, 1.807) is 22.7 Å². The molecule has 0 fully saturated rings. The van der Waals surface area contributed by atoms with E-state index in [0.29, 0.717) is 0 Å². The molecule has 0 saturated heterocycles. The van der Waals surface area contributed by atoms with Crippen LogP contribution in [0.3, 0.4) is 0 Å². The first kappa shape index (κ1) is 23.4. The van der Waals surface area contributed by atoms with Crippen molar-refractivity contribution in [3.8, 4) is 44.5 Å². The molecule has 2 heteroatoms. The first-order chi connectivity index (χ1) is 19.9. The van der Waals surface area contributed by atoms with Crippen LogP contribution in [0.2, 0.25) is 0 Å². The van der Waals surface area contributed by atoms with Gasteiger partial charge in [0.15, 0.2) is 0 Å². The largest absolute Gasteiger partial charge is 0.152 e. The fraction of sp³-hybridized carbons (Fsp3) is 0. The van der Waals surface area contributed by atoms with Crippen LogP contribution in [0, 0.1) is 0 Å². The van der Waals surface area contributed by atoms with Crippen molar-refractivity contribution >= 4 is 55.0 Å². The van der Waals surface area contributed by atoms with Crippen LogP contribution in [-0.2, 0) is 0 Å². The zero-order valence-corrected chi connectivity index (χ0v) is 23.3. The molecule has 0 N–H and O–H groups in total. The summed E-state index contributed by atoms with van der Waals surface area (Å²) in [6.07, 6.45) is 0. The smallest absolute Gasteiger partial charge is 0.000523 e. The minimum atomic E-state index is 1.24. The highest BCUT2D eigenvalue weighted by Gasteiger charge is 2.27. The maximum Gasteiger partial charge on any atom is -0.000523 e. The fourth-order valence-electron chi connectivity index (χ4n) is 6.34. The van der Waals surface area contributed by atoms with Gasteiger partial charge in [0.25, 0.3) is 0 Å². The topological polar surface area (TPSA) is 0 Å². The first-order valence-electron chi connectivity index (χ1n) is 13.5. The number of rotatable bonds is 4. The molecule has 188 valence electrons. The van der Waals surface area contributed by atoms with Gasteiger partial charge in [-0.1, -0.05) is 109 Å². The second kappa shape index (κ2) is 9.60. The molecule has 0 bridgehead atoms. The lowest BCUT2D eigenvalue weighted by Crippen LogP contribution is -1.98. The fourth-order valence-corrected chi connectivity index (χ4v) is 7.63. The van der Waals surface area contributed by atoms with Crippen LogP contribution < -0.4 is 0 Å². The number of fused-ring (bicyclic) bond motifs is 6. The van der Waals surface area contributed by atoms with Crippen LogP contribution in [0.15, 0.2) is 143 Å². The van der Waals surface area contributed by atoms with Gasteiger partial charge in [0.05, 0.1) is 0 Å². The van der Waals surface area contributed by atoms with Crippen LogP contribution in [0.25, 0.3) is 76.8 Å². The van der Waals surface area contributed by atoms with Gasteiger partial charge in [0, 0.05) is 0 Å². The maximum atomic E-state index is 2.31. The summed E-state index contributed by atoms with van der Waals surface area (Å²) in [7, 11) is 0. The molecule has 0 aliphatic heterocycles. The summed E-state index contributed by atoms with van der Waals surface area (Å²) in [4.78, 5) is 0. The number of benzene rings is 6. The average Bonchev–Trinajstić information content (AvgIpc) is 3.76. The Hall–Kier alpha value is -4.50. The van der Waals surface area contributed by atoms with Crippen molar-refractivity contribution in [3.63, 3.8) is 0 Å². The summed E-state index contributed by atoms with van der Waals surface area (Å²) in [6, 6.07) is 44.4. The van der Waals surface area contributed by atoms with E-state index in [2.05, 4.69) is 143 Å². The van der Waals surface area contributed by atoms with E-state index in [0.717, 1.165) is 0 Å². The van der Waals surface area contributed by atoms with Crippen molar-refractivity contribution in [1.82, 2.24) is 0 Å². The van der Waals surface area contributed by atoms with Gasteiger partial charge in [-0.25, -0.2) is 0 Å². The minimum absolute atomic E-state index is 1.24. The van der Waals surface area contributed by atoms with Gasteiger partial charge in [0.2, 0.25) is 0 Å². The Kier molecular flexibility index (Phi) is 5.62. The summed E-state index contributed by atoms with van der Waals surface area (Å²) < 4.78 is 0. The number of hydrogen-bond donors (Lipinski definition) is 0. The van der Waals surface area contributed by atoms with Gasteiger partial charge in [0.1, 0.15) is 0 Å². The molecule has 6 aromatic carbocycles. The molecule has 8 aromatic rings. The molecule has 2 heterocycles. The molecule has 2 aromatic heterocycles. The summed E-state index contributed by atoms with van der Waals surface area (Å²) in [5.41, 5.74) is 10.2. The molecular formula is C38H24S2. The highest BCUT2D eigenvalue weighted by molar-refractivity contribution is 7.08. The Balaban J connectivity index is 1.78. The summed E-state index contributed by atoms with van der Waals surface area (Å²) in [5.74, 6) is 0. The molecule has 0 unspecified atom stereocenters. The van der Waals surface area contributed by atoms with Crippen molar-refractivity contribution in [2.24, 2.45) is 0 Å². The number of thiophene rings is 2. The third-order valence-electron chi connectivity index (χ3n) is 7.93. The first-order valence-corrected chi connectivity index (χ1v) is 15.4. The Bertz CT molecular complexity index is 1960. The normalized spacial score (nSPS) is 11.5. The Morgan fingerprint density at radius 1 is 0.300 bits per heavy atom. The lowest BCUT2D eigenvalue weighted by atomic mass is 9.77. The second-order valence-corrected chi connectivity index (χ2v) is 11.7. The third kappa shape index (κ3) is 3.57. The standard InChI is InChI=1S/C38H24S2/c1-3-11-25(12-4-1)33-35(27-19-21-39-23-27)36(28-20-22-40-24-28)34(26-13-5-2-6-14-26)38-32-18-10-8-16-30(32)29-15-7-9-17-31(29)37(33)38/h1-24H. The highest BCUT2D eigenvalue weighted by atomic mass is 32.1. The zero-order chi connectivity index (χ0) is 26.5. The lowest BCUT2D eigenvalue weighted by Gasteiger charge is -2.25. The van der Waals surface area contributed by atoms with Crippen molar-refractivity contribution < 1.29 is 0 Å². The SMILES string of the molecule is c1ccc(-c2c(-c3ccsc3)c(-c3ccsc3)c(-c3ccccc3)c3c4ccccc4c4ccccc4c23)cc1. The van der Waals surface area contributed by atoms with Gasteiger partial charge in [-0.2, -0.15) is 22.7 Å². The Labute approximate surface area is 241 Å². The molecular weight excluding hydrogens is 521 g/mol. The lowest BCUT2D eigenvalue weighted by molar-refractivity contribution is 1.61. The van der Waals surface area contributed by atoms with Gasteiger partial charge in [-0.3, -0.25) is 0 Å². The highest BCUT2D eigenvalue weighted by Crippen LogP contribution is 2.54. The molecule has 0 atom stereocenters. The molecule has 40 heavy (non-hydrogen) atoms. The average molecular weight is 545 g/mol. The van der Waals surface area contributed by atoms with E-state index in [1.807, 2.05) is 0 Å². The van der Waals surface area contributed by atoms with Crippen LogP contribution in [0.5, 0.6) is 0 Å². The molecule has 0 aliphatic carbocycles. The summed E-state index contributed by atoms with van der Waals surface area (Å²) in [6.45, 7) is 0. The van der Waals surface area contributed by atoms with Crippen LogP contribution in [-0.4, -0.2) is 0 Å². The van der Waals surface area contributed by atoms with Gasteiger partial charge < -0.3 is 0 Å². The molecule has 0 amide bonds. The predicted octanol–water partition coefficient (Wildman–Crippen LogP) is 11.9. The predicted molar refractivity (Wildman–Crippen MR) is 176 cm³/mol. The zero-order valence-electron chi connectivity index (χ0n) is 21.7. The molecule has 0 aliphatic rings. The van der Waals surface area contributed by atoms with E-state index in [9.17, 15) is 0 Å². The van der Waals surface area contributed by atoms with Gasteiger partial charge in [-0.05, 0) is 110 Å². The van der Waals surface area contributed by atoms with Gasteiger partial charge >= 0.3 is 0 Å². The van der Waals surface area contributed by atoms with E-state index in [1.165, 1.54) is 76.8 Å². The molecule has 0 spiro atoms. The number of hydrogen-bond acceptors (Lipinski definition) is 2. The Morgan fingerprint density at radius 3 is 1.05 bits per heavy atom. The molecule has 0 nitrogen and oxygen atoms in total. The third-order valence-corrected chi connectivity index (χ3v) is 9.29. The summed E-state index contributed by atoms with van der Waals surface area (Å²) >= 11 is 3.52. The van der Waals surface area contributed by atoms with Crippen LogP contribution in [0.4, 0.5) is 0 Å². The van der Waals surface area contributed by atoms with Crippen LogP contribution in [0.1, 0.15) is 0 Å². The van der Waals surface area contributed by atoms with Crippen LogP contribution >= 0.6 is 22.7 Å². The van der Waals surface area contributed by atoms with E-state index >= 15 is 0 Å². The summed E-state index contributed by atoms with van der Waals surface area (Å²) in [5, 5.41) is 16.8. The van der Waals surface area contributed by atoms with E-state index in [4.69, 9.17) is 0 Å². The van der Waals surface area contributed by atoms with Crippen molar-refractivity contribution in [2.45, 2.75) is 0 Å². The Morgan fingerprint density at radius 2 is 0.675 bits per heavy atom. The van der Waals surface area contributed by atoms with Crippen molar-refractivity contribution in [1.29, 1.82) is 0 Å². The minimum Gasteiger partial charge on any atom is -0.152 e. The molecule has 0 radical (unpaired) electrons. The van der Waals surface area contributed by atoms with E-state index < -0.39 is 0 Å². The quantitative estimate of drug-likeness (QED) is 0.193. The maximum absolute atomic E-state index is 2.31. The van der Waals surface area contributed by atoms with Gasteiger partial charge in [-0.15, -0.1) is 0 Å². The molecule has 0 saturated carbocycles. The monoisotopic (exact) mass is 544 g/mol. The van der Waals surface area contributed by atoms with E-state index in [-0.39, 0.29) is 0 Å². The van der Waals surface area contributed by atoms with Crippen molar-refractivity contribution in [3.05, 3.63) is 143 Å². The molecule has 8 rings (SSSR count). The second-order valence-electron chi connectivity index (χ2n) is 10.1. The van der Waals surface area contributed by atoms with Crippen molar-refractivity contribution in [2.75, 3.05) is 0 Å².